The molecule has 0 aliphatic heterocycles. The molecule has 4 nitrogen and oxygen atoms in total. The van der Waals surface area contributed by atoms with Crippen LogP contribution in [0.4, 0.5) is 0 Å². The van der Waals surface area contributed by atoms with E-state index in [0.717, 1.165) is 11.1 Å². The summed E-state index contributed by atoms with van der Waals surface area (Å²) in [7, 11) is 0. The van der Waals surface area contributed by atoms with Crippen LogP contribution in [0.15, 0.2) is 18.6 Å². The molecule has 1 N–H and O–H groups in total. The van der Waals surface area contributed by atoms with Gasteiger partial charge in [-0.2, -0.15) is 5.26 Å². The molecule has 0 amide bonds. The average Bonchev–Trinajstić information content (AvgIpc) is 2.53. The second-order valence-electron chi connectivity index (χ2n) is 2.41. The van der Waals surface area contributed by atoms with Gasteiger partial charge in [-0.1, -0.05) is 0 Å². The first kappa shape index (κ1) is 6.80. The Morgan fingerprint density at radius 3 is 3.25 bits per heavy atom. The summed E-state index contributed by atoms with van der Waals surface area (Å²) in [6.07, 6.45) is 3.63. The molecule has 58 valence electrons. The normalized spacial score (nSPS) is 9.92. The van der Waals surface area contributed by atoms with Gasteiger partial charge in [-0.15, -0.1) is 0 Å². The van der Waals surface area contributed by atoms with E-state index in [9.17, 15) is 0 Å². The van der Waals surface area contributed by atoms with Crippen molar-refractivity contribution in [3.05, 3.63) is 24.2 Å². The van der Waals surface area contributed by atoms with Crippen LogP contribution >= 0.6 is 0 Å². The standard InChI is InChI=1S/C8H6N4/c9-3-1-6-2-4-10-8-7(6)11-5-12-8/h2,4-5H,1H2,(H,10,11,12). The van der Waals surface area contributed by atoms with Gasteiger partial charge in [0.25, 0.3) is 0 Å². The predicted octanol–water partition coefficient (Wildman–Crippen LogP) is 1.02. The van der Waals surface area contributed by atoms with Gasteiger partial charge in [-0.3, -0.25) is 0 Å². The maximum Gasteiger partial charge on any atom is 0.177 e. The van der Waals surface area contributed by atoms with Gasteiger partial charge in [-0.05, 0) is 11.6 Å². The first-order valence-electron chi connectivity index (χ1n) is 3.56. The van der Waals surface area contributed by atoms with Crippen molar-refractivity contribution in [1.29, 1.82) is 5.26 Å². The van der Waals surface area contributed by atoms with Crippen molar-refractivity contribution in [3.8, 4) is 6.07 Å². The molecule has 0 aliphatic carbocycles. The maximum absolute atomic E-state index is 8.51. The lowest BCUT2D eigenvalue weighted by molar-refractivity contribution is 1.24. The van der Waals surface area contributed by atoms with Crippen LogP contribution in [0.25, 0.3) is 11.2 Å². The summed E-state index contributed by atoms with van der Waals surface area (Å²) in [4.78, 5) is 11.0. The Hall–Kier alpha value is -1.89. The molecule has 0 unspecified atom stereocenters. The van der Waals surface area contributed by atoms with Gasteiger partial charge in [-0.25, -0.2) is 9.97 Å². The summed E-state index contributed by atoms with van der Waals surface area (Å²) in [6.45, 7) is 0. The molecule has 0 saturated carbocycles. The molecule has 0 saturated heterocycles. The Morgan fingerprint density at radius 1 is 1.50 bits per heavy atom. The number of pyridine rings is 1. The fraction of sp³-hybridized carbons (Fsp3) is 0.125. The minimum Gasteiger partial charge on any atom is -0.343 e. The molecule has 2 aromatic rings. The molecule has 12 heavy (non-hydrogen) atoms. The Bertz CT molecular complexity index is 437. The van der Waals surface area contributed by atoms with Crippen molar-refractivity contribution in [3.63, 3.8) is 0 Å². The Balaban J connectivity index is 2.67. The Kier molecular flexibility index (Phi) is 1.49. The number of fused-ring (bicyclic) bond motifs is 1. The highest BCUT2D eigenvalue weighted by atomic mass is 14.9. The van der Waals surface area contributed by atoms with E-state index in [2.05, 4.69) is 21.0 Å². The van der Waals surface area contributed by atoms with Crippen molar-refractivity contribution in [2.45, 2.75) is 6.42 Å². The molecule has 2 aromatic heterocycles. The topological polar surface area (TPSA) is 65.4 Å². The first-order chi connectivity index (χ1) is 5.92. The molecule has 0 atom stereocenters. The lowest BCUT2D eigenvalue weighted by Gasteiger charge is -1.93. The summed E-state index contributed by atoms with van der Waals surface area (Å²) in [5.74, 6) is 0. The maximum atomic E-state index is 8.51. The molecule has 0 bridgehead atoms. The van der Waals surface area contributed by atoms with Crippen LogP contribution in [0.2, 0.25) is 0 Å². The van der Waals surface area contributed by atoms with E-state index in [1.165, 1.54) is 0 Å². The van der Waals surface area contributed by atoms with Gasteiger partial charge >= 0.3 is 0 Å². The van der Waals surface area contributed by atoms with Crippen molar-refractivity contribution in [1.82, 2.24) is 15.0 Å². The third kappa shape index (κ3) is 0.920. The molecule has 0 radical (unpaired) electrons. The molecule has 2 heterocycles. The third-order valence-corrected chi connectivity index (χ3v) is 1.68. The van der Waals surface area contributed by atoms with Crippen LogP contribution in [0.5, 0.6) is 0 Å². The van der Waals surface area contributed by atoms with E-state index in [1.54, 1.807) is 12.5 Å². The number of rotatable bonds is 1. The molecular formula is C8H6N4. The van der Waals surface area contributed by atoms with E-state index in [1.807, 2.05) is 6.07 Å². The lowest BCUT2D eigenvalue weighted by Crippen LogP contribution is -1.85. The number of hydrogen-bond acceptors (Lipinski definition) is 3. The van der Waals surface area contributed by atoms with E-state index >= 15 is 0 Å². The molecule has 0 spiro atoms. The van der Waals surface area contributed by atoms with E-state index in [-0.39, 0.29) is 0 Å². The average molecular weight is 158 g/mol. The zero-order valence-corrected chi connectivity index (χ0v) is 6.28. The number of nitriles is 1. The van der Waals surface area contributed by atoms with Crippen LogP contribution in [0, 0.1) is 11.3 Å². The van der Waals surface area contributed by atoms with Crippen LogP contribution in [-0.2, 0) is 6.42 Å². The summed E-state index contributed by atoms with van der Waals surface area (Å²) < 4.78 is 0. The zero-order chi connectivity index (χ0) is 8.39. The smallest absolute Gasteiger partial charge is 0.177 e. The van der Waals surface area contributed by atoms with Gasteiger partial charge < -0.3 is 4.98 Å². The SMILES string of the molecule is N#CCc1ccnc2nc[nH]c12. The number of imidazole rings is 1. The van der Waals surface area contributed by atoms with E-state index in [0.29, 0.717) is 12.1 Å². The zero-order valence-electron chi connectivity index (χ0n) is 6.28. The lowest BCUT2D eigenvalue weighted by atomic mass is 10.2. The largest absolute Gasteiger partial charge is 0.343 e. The van der Waals surface area contributed by atoms with Gasteiger partial charge in [0.2, 0.25) is 0 Å². The highest BCUT2D eigenvalue weighted by Gasteiger charge is 2.01. The molecular weight excluding hydrogens is 152 g/mol. The molecule has 0 aliphatic rings. The number of H-pyrrole nitrogens is 1. The number of nitrogens with one attached hydrogen (secondary N) is 1. The first-order valence-corrected chi connectivity index (χ1v) is 3.56. The van der Waals surface area contributed by atoms with Crippen molar-refractivity contribution < 1.29 is 0 Å². The quantitative estimate of drug-likeness (QED) is 0.673. The highest BCUT2D eigenvalue weighted by Crippen LogP contribution is 2.11. The van der Waals surface area contributed by atoms with Gasteiger partial charge in [0, 0.05) is 6.20 Å². The second-order valence-corrected chi connectivity index (χ2v) is 2.41. The summed E-state index contributed by atoms with van der Waals surface area (Å²) in [5.41, 5.74) is 2.47. The Labute approximate surface area is 68.9 Å². The Morgan fingerprint density at radius 2 is 2.42 bits per heavy atom. The summed E-state index contributed by atoms with van der Waals surface area (Å²) in [6, 6.07) is 3.91. The van der Waals surface area contributed by atoms with Gasteiger partial charge in [0.15, 0.2) is 5.65 Å². The van der Waals surface area contributed by atoms with Gasteiger partial charge in [0.05, 0.1) is 24.3 Å². The van der Waals surface area contributed by atoms with Crippen LogP contribution in [0.3, 0.4) is 0 Å². The van der Waals surface area contributed by atoms with Crippen LogP contribution in [0.1, 0.15) is 5.56 Å². The minimum atomic E-state index is 0.390. The van der Waals surface area contributed by atoms with E-state index in [4.69, 9.17) is 5.26 Å². The minimum absolute atomic E-state index is 0.390. The number of hydrogen-bond donors (Lipinski definition) is 1. The molecule has 2 rings (SSSR count). The van der Waals surface area contributed by atoms with Crippen LogP contribution < -0.4 is 0 Å². The summed E-state index contributed by atoms with van der Waals surface area (Å²) in [5, 5.41) is 8.51. The highest BCUT2D eigenvalue weighted by molar-refractivity contribution is 5.74. The monoisotopic (exact) mass is 158 g/mol. The van der Waals surface area contributed by atoms with Crippen molar-refractivity contribution >= 4 is 11.2 Å². The van der Waals surface area contributed by atoms with Gasteiger partial charge in [0.1, 0.15) is 0 Å². The van der Waals surface area contributed by atoms with Crippen molar-refractivity contribution in [2.24, 2.45) is 0 Å². The number of nitrogens with zero attached hydrogens (tertiary/aromatic N) is 3. The predicted molar refractivity (Wildman–Crippen MR) is 43.2 cm³/mol. The van der Waals surface area contributed by atoms with E-state index < -0.39 is 0 Å². The second kappa shape index (κ2) is 2.62. The fourth-order valence-corrected chi connectivity index (χ4v) is 1.13. The number of aromatic nitrogens is 3. The molecule has 0 fully saturated rings. The fourth-order valence-electron chi connectivity index (χ4n) is 1.13. The third-order valence-electron chi connectivity index (χ3n) is 1.68. The number of aromatic amines is 1. The molecule has 0 aromatic carbocycles. The molecule has 4 heteroatoms. The van der Waals surface area contributed by atoms with Crippen LogP contribution in [-0.4, -0.2) is 15.0 Å². The summed E-state index contributed by atoms with van der Waals surface area (Å²) >= 11 is 0. The van der Waals surface area contributed by atoms with Crippen molar-refractivity contribution in [2.75, 3.05) is 0 Å².